The van der Waals surface area contributed by atoms with Crippen LogP contribution in [-0.2, 0) is 16.1 Å². The third-order valence-corrected chi connectivity index (χ3v) is 3.85. The number of carbonyl (C=O) groups excluding carboxylic acids is 1. The number of halogens is 1. The molecular formula is C17H24ClNO3. The highest BCUT2D eigenvalue weighted by atomic mass is 35.5. The summed E-state index contributed by atoms with van der Waals surface area (Å²) in [5, 5.41) is 11.5. The lowest BCUT2D eigenvalue weighted by Crippen LogP contribution is -2.19. The van der Waals surface area contributed by atoms with Crippen molar-refractivity contribution in [1.29, 1.82) is 0 Å². The molecule has 5 heteroatoms. The van der Waals surface area contributed by atoms with E-state index < -0.39 is 17.1 Å². The zero-order valence-corrected chi connectivity index (χ0v) is 13.5. The van der Waals surface area contributed by atoms with Crippen molar-refractivity contribution in [2.24, 2.45) is 5.92 Å². The van der Waals surface area contributed by atoms with Crippen LogP contribution in [0.1, 0.15) is 44.1 Å². The molecule has 0 amide bonds. The molecule has 1 rings (SSSR count). The lowest BCUT2D eigenvalue weighted by Gasteiger charge is -2.07. The van der Waals surface area contributed by atoms with Crippen LogP contribution in [-0.4, -0.2) is 22.9 Å². The van der Waals surface area contributed by atoms with Gasteiger partial charge in [0.15, 0.2) is 0 Å². The number of rotatable bonds is 12. The minimum absolute atomic E-state index is 0.337. The Morgan fingerprint density at radius 3 is 2.32 bits per heavy atom. The van der Waals surface area contributed by atoms with Crippen molar-refractivity contribution in [3.63, 3.8) is 0 Å². The van der Waals surface area contributed by atoms with E-state index >= 15 is 0 Å². The van der Waals surface area contributed by atoms with Gasteiger partial charge in [0.1, 0.15) is 5.92 Å². The topological polar surface area (TPSA) is 66.4 Å². The molecule has 0 saturated carbocycles. The summed E-state index contributed by atoms with van der Waals surface area (Å²) in [6, 6.07) is 10.3. The third kappa shape index (κ3) is 8.15. The zero-order chi connectivity index (χ0) is 16.2. The maximum atomic E-state index is 10.9. The van der Waals surface area contributed by atoms with E-state index in [1.807, 2.05) is 18.2 Å². The molecule has 0 fully saturated rings. The second-order valence-corrected chi connectivity index (χ2v) is 5.79. The van der Waals surface area contributed by atoms with Gasteiger partial charge in [-0.1, -0.05) is 56.0 Å². The molecule has 1 unspecified atom stereocenters. The lowest BCUT2D eigenvalue weighted by atomic mass is 10.0. The molecule has 1 aromatic carbocycles. The molecule has 2 N–H and O–H groups in total. The minimum Gasteiger partial charge on any atom is -0.481 e. The Morgan fingerprint density at radius 1 is 1.05 bits per heavy atom. The number of benzene rings is 1. The number of carboxylic acids is 1. The van der Waals surface area contributed by atoms with Gasteiger partial charge in [0.05, 0.1) is 0 Å². The Labute approximate surface area is 136 Å². The SMILES string of the molecule is O=C(O)C(CCCCCCCNCc1ccccc1)C(=O)Cl. The van der Waals surface area contributed by atoms with Crippen molar-refractivity contribution in [3.05, 3.63) is 35.9 Å². The maximum absolute atomic E-state index is 10.9. The average molecular weight is 326 g/mol. The van der Waals surface area contributed by atoms with Gasteiger partial charge in [0.2, 0.25) is 5.24 Å². The molecule has 0 aliphatic heterocycles. The van der Waals surface area contributed by atoms with Crippen LogP contribution in [0, 0.1) is 5.92 Å². The molecule has 1 atom stereocenters. The number of nitrogens with one attached hydrogen (secondary N) is 1. The van der Waals surface area contributed by atoms with Gasteiger partial charge < -0.3 is 10.4 Å². The molecule has 122 valence electrons. The summed E-state index contributed by atoms with van der Waals surface area (Å²) in [6.07, 6.45) is 5.26. The van der Waals surface area contributed by atoms with Crippen LogP contribution in [0.3, 0.4) is 0 Å². The Bertz CT molecular complexity index is 436. The summed E-state index contributed by atoms with van der Waals surface area (Å²) < 4.78 is 0. The van der Waals surface area contributed by atoms with E-state index in [1.54, 1.807) is 0 Å². The van der Waals surface area contributed by atoms with Gasteiger partial charge in [-0.05, 0) is 36.6 Å². The van der Waals surface area contributed by atoms with Crippen molar-refractivity contribution in [1.82, 2.24) is 5.32 Å². The Hall–Kier alpha value is -1.39. The molecule has 0 bridgehead atoms. The van der Waals surface area contributed by atoms with E-state index in [0.29, 0.717) is 6.42 Å². The van der Waals surface area contributed by atoms with Crippen molar-refractivity contribution in [3.8, 4) is 0 Å². The third-order valence-electron chi connectivity index (χ3n) is 3.59. The predicted molar refractivity (Wildman–Crippen MR) is 87.8 cm³/mol. The second kappa shape index (κ2) is 11.2. The molecular weight excluding hydrogens is 302 g/mol. The number of carbonyl (C=O) groups is 2. The van der Waals surface area contributed by atoms with Crippen LogP contribution in [0.25, 0.3) is 0 Å². The number of hydrogen-bond acceptors (Lipinski definition) is 3. The quantitative estimate of drug-likeness (QED) is 0.350. The van der Waals surface area contributed by atoms with E-state index in [-0.39, 0.29) is 0 Å². The van der Waals surface area contributed by atoms with Crippen LogP contribution in [0.4, 0.5) is 0 Å². The van der Waals surface area contributed by atoms with Gasteiger partial charge in [-0.25, -0.2) is 0 Å². The summed E-state index contributed by atoms with van der Waals surface area (Å²) in [5.74, 6) is -2.17. The van der Waals surface area contributed by atoms with Gasteiger partial charge in [0, 0.05) is 6.54 Å². The van der Waals surface area contributed by atoms with E-state index in [1.165, 1.54) is 5.56 Å². The van der Waals surface area contributed by atoms with E-state index in [9.17, 15) is 9.59 Å². The first-order valence-corrected chi connectivity index (χ1v) is 8.16. The maximum Gasteiger partial charge on any atom is 0.315 e. The Balaban J connectivity index is 1.95. The highest BCUT2D eigenvalue weighted by molar-refractivity contribution is 6.65. The highest BCUT2D eigenvalue weighted by Crippen LogP contribution is 2.14. The van der Waals surface area contributed by atoms with Gasteiger partial charge in [0.25, 0.3) is 0 Å². The first-order valence-electron chi connectivity index (χ1n) is 7.78. The largest absolute Gasteiger partial charge is 0.481 e. The van der Waals surface area contributed by atoms with Crippen LogP contribution in [0.5, 0.6) is 0 Å². The van der Waals surface area contributed by atoms with Gasteiger partial charge in [-0.3, -0.25) is 9.59 Å². The van der Waals surface area contributed by atoms with E-state index in [4.69, 9.17) is 16.7 Å². The highest BCUT2D eigenvalue weighted by Gasteiger charge is 2.23. The molecule has 0 heterocycles. The molecule has 0 saturated heterocycles. The molecule has 0 aromatic heterocycles. The van der Waals surface area contributed by atoms with Crippen molar-refractivity contribution in [2.75, 3.05) is 6.54 Å². The molecule has 0 radical (unpaired) electrons. The van der Waals surface area contributed by atoms with Crippen molar-refractivity contribution < 1.29 is 14.7 Å². The van der Waals surface area contributed by atoms with Crippen LogP contribution >= 0.6 is 11.6 Å². The fourth-order valence-electron chi connectivity index (χ4n) is 2.29. The van der Waals surface area contributed by atoms with Gasteiger partial charge in [-0.2, -0.15) is 0 Å². The summed E-state index contributed by atoms with van der Waals surface area (Å²) in [7, 11) is 0. The molecule has 4 nitrogen and oxygen atoms in total. The number of hydrogen-bond donors (Lipinski definition) is 2. The number of aliphatic carboxylic acids is 1. The van der Waals surface area contributed by atoms with E-state index in [2.05, 4.69) is 17.4 Å². The molecule has 0 aliphatic carbocycles. The fraction of sp³-hybridized carbons (Fsp3) is 0.529. The first-order chi connectivity index (χ1) is 10.6. The summed E-state index contributed by atoms with van der Waals surface area (Å²) >= 11 is 5.26. The second-order valence-electron chi connectivity index (χ2n) is 5.41. The zero-order valence-electron chi connectivity index (χ0n) is 12.8. The summed E-state index contributed by atoms with van der Waals surface area (Å²) in [4.78, 5) is 21.7. The lowest BCUT2D eigenvalue weighted by molar-refractivity contribution is -0.144. The average Bonchev–Trinajstić information content (AvgIpc) is 2.49. The van der Waals surface area contributed by atoms with Crippen molar-refractivity contribution >= 4 is 22.8 Å². The van der Waals surface area contributed by atoms with Gasteiger partial charge in [-0.15, -0.1) is 0 Å². The van der Waals surface area contributed by atoms with E-state index in [0.717, 1.165) is 45.2 Å². The van der Waals surface area contributed by atoms with Crippen LogP contribution < -0.4 is 5.32 Å². The minimum atomic E-state index is -1.12. The monoisotopic (exact) mass is 325 g/mol. The van der Waals surface area contributed by atoms with Crippen LogP contribution in [0.2, 0.25) is 0 Å². The number of unbranched alkanes of at least 4 members (excludes halogenated alkanes) is 4. The van der Waals surface area contributed by atoms with Crippen LogP contribution in [0.15, 0.2) is 30.3 Å². The fourth-order valence-corrected chi connectivity index (χ4v) is 2.49. The summed E-state index contributed by atoms with van der Waals surface area (Å²) in [6.45, 7) is 1.87. The van der Waals surface area contributed by atoms with Gasteiger partial charge >= 0.3 is 5.97 Å². The molecule has 0 spiro atoms. The molecule has 22 heavy (non-hydrogen) atoms. The standard InChI is InChI=1S/C17H24ClNO3/c18-16(20)15(17(21)22)11-7-2-1-3-8-12-19-13-14-9-5-4-6-10-14/h4-6,9-10,15,19H,1-3,7-8,11-13H2,(H,21,22). The first kappa shape index (κ1) is 18.7. The Kier molecular flexibility index (Phi) is 9.51. The summed E-state index contributed by atoms with van der Waals surface area (Å²) in [5.41, 5.74) is 1.29. The smallest absolute Gasteiger partial charge is 0.315 e. The molecule has 1 aromatic rings. The normalized spacial score (nSPS) is 12.0. The Morgan fingerprint density at radius 2 is 1.68 bits per heavy atom. The number of carboxylic acid groups (broad SMARTS) is 1. The van der Waals surface area contributed by atoms with Crippen molar-refractivity contribution in [2.45, 2.75) is 45.1 Å². The predicted octanol–water partition coefficient (Wildman–Crippen LogP) is 3.58. The molecule has 0 aliphatic rings.